The minimum atomic E-state index is 0.771. The monoisotopic (exact) mass is 278 g/mol. The number of piperidine rings is 1. The van der Waals surface area contributed by atoms with Crippen molar-refractivity contribution in [1.29, 1.82) is 0 Å². The molecule has 1 N–H and O–H groups in total. The lowest BCUT2D eigenvalue weighted by molar-refractivity contribution is 0.0863. The highest BCUT2D eigenvalue weighted by Crippen LogP contribution is 2.40. The van der Waals surface area contributed by atoms with E-state index >= 15 is 0 Å². The van der Waals surface area contributed by atoms with Crippen molar-refractivity contribution in [3.8, 4) is 0 Å². The zero-order valence-corrected chi connectivity index (χ0v) is 13.8. The highest BCUT2D eigenvalue weighted by atomic mass is 15.2. The van der Waals surface area contributed by atoms with Crippen LogP contribution in [0.4, 0.5) is 0 Å². The molecule has 2 aliphatic carbocycles. The van der Waals surface area contributed by atoms with Gasteiger partial charge in [-0.25, -0.2) is 0 Å². The van der Waals surface area contributed by atoms with Gasteiger partial charge >= 0.3 is 0 Å². The van der Waals surface area contributed by atoms with Crippen LogP contribution in [-0.2, 0) is 0 Å². The number of nitrogens with zero attached hydrogens (tertiary/aromatic N) is 1. The first-order valence-electron chi connectivity index (χ1n) is 9.14. The fraction of sp³-hybridized carbons (Fsp3) is 1.00. The summed E-state index contributed by atoms with van der Waals surface area (Å²) in [5.74, 6) is 3.73. The fourth-order valence-electron chi connectivity index (χ4n) is 5.30. The van der Waals surface area contributed by atoms with Crippen LogP contribution in [0.1, 0.15) is 59.3 Å². The Labute approximate surface area is 125 Å². The molecule has 0 aromatic carbocycles. The minimum absolute atomic E-state index is 0.771. The van der Waals surface area contributed by atoms with Crippen LogP contribution in [0.15, 0.2) is 0 Å². The maximum absolute atomic E-state index is 3.87. The SMILES string of the molecule is CCCNC1CC(C)CC(C)C1CN1CC2CCC1C2. The maximum Gasteiger partial charge on any atom is 0.0113 e. The molecule has 1 heterocycles. The van der Waals surface area contributed by atoms with Crippen molar-refractivity contribution in [3.05, 3.63) is 0 Å². The molecular weight excluding hydrogens is 244 g/mol. The second-order valence-corrected chi connectivity index (χ2v) is 8.07. The number of fused-ring (bicyclic) bond motifs is 2. The van der Waals surface area contributed by atoms with E-state index in [9.17, 15) is 0 Å². The third kappa shape index (κ3) is 3.06. The van der Waals surface area contributed by atoms with E-state index in [1.54, 1.807) is 0 Å². The average Bonchev–Trinajstić information content (AvgIpc) is 3.02. The Bertz CT molecular complexity index is 317. The standard InChI is InChI=1S/C18H34N2/c1-4-7-19-18-9-13(2)8-14(3)17(18)12-20-11-15-5-6-16(20)10-15/h13-19H,4-12H2,1-3H3. The molecule has 6 unspecified atom stereocenters. The van der Waals surface area contributed by atoms with Crippen LogP contribution >= 0.6 is 0 Å². The first kappa shape index (κ1) is 14.8. The quantitative estimate of drug-likeness (QED) is 0.828. The molecule has 2 heteroatoms. The van der Waals surface area contributed by atoms with E-state index in [0.29, 0.717) is 0 Å². The Balaban J connectivity index is 1.61. The Hall–Kier alpha value is -0.0800. The summed E-state index contributed by atoms with van der Waals surface area (Å²) in [7, 11) is 0. The van der Waals surface area contributed by atoms with Crippen molar-refractivity contribution in [1.82, 2.24) is 10.2 Å². The predicted octanol–water partition coefficient (Wildman–Crippen LogP) is 3.52. The second-order valence-electron chi connectivity index (χ2n) is 8.07. The number of hydrogen-bond acceptors (Lipinski definition) is 2. The van der Waals surface area contributed by atoms with E-state index in [2.05, 4.69) is 31.0 Å². The topological polar surface area (TPSA) is 15.3 Å². The van der Waals surface area contributed by atoms with Gasteiger partial charge in [-0.05, 0) is 68.7 Å². The van der Waals surface area contributed by atoms with E-state index in [0.717, 1.165) is 35.8 Å². The van der Waals surface area contributed by atoms with Crippen molar-refractivity contribution >= 4 is 0 Å². The summed E-state index contributed by atoms with van der Waals surface area (Å²) >= 11 is 0. The molecule has 3 aliphatic rings. The van der Waals surface area contributed by atoms with Crippen molar-refractivity contribution in [3.63, 3.8) is 0 Å². The number of likely N-dealkylation sites (tertiary alicyclic amines) is 1. The number of hydrogen-bond donors (Lipinski definition) is 1. The molecule has 0 aromatic heterocycles. The molecule has 1 aliphatic heterocycles. The van der Waals surface area contributed by atoms with Crippen molar-refractivity contribution in [2.45, 2.75) is 71.4 Å². The highest BCUT2D eigenvalue weighted by Gasteiger charge is 2.41. The van der Waals surface area contributed by atoms with Crippen molar-refractivity contribution in [2.75, 3.05) is 19.6 Å². The van der Waals surface area contributed by atoms with Crippen LogP contribution in [0.25, 0.3) is 0 Å². The summed E-state index contributed by atoms with van der Waals surface area (Å²) in [6.45, 7) is 11.2. The number of rotatable bonds is 5. The lowest BCUT2D eigenvalue weighted by atomic mass is 9.72. The maximum atomic E-state index is 3.87. The highest BCUT2D eigenvalue weighted by molar-refractivity contribution is 4.96. The summed E-state index contributed by atoms with van der Waals surface area (Å²) in [6.07, 6.45) is 8.60. The van der Waals surface area contributed by atoms with E-state index in [-0.39, 0.29) is 0 Å². The van der Waals surface area contributed by atoms with Crippen LogP contribution in [0.2, 0.25) is 0 Å². The third-order valence-electron chi connectivity index (χ3n) is 6.30. The Morgan fingerprint density at radius 3 is 2.60 bits per heavy atom. The van der Waals surface area contributed by atoms with Gasteiger partial charge in [-0.15, -0.1) is 0 Å². The summed E-state index contributed by atoms with van der Waals surface area (Å²) in [6, 6.07) is 1.71. The normalized spacial score (nSPS) is 45.1. The zero-order valence-electron chi connectivity index (χ0n) is 13.8. The van der Waals surface area contributed by atoms with Gasteiger partial charge in [0, 0.05) is 25.2 Å². The molecule has 0 spiro atoms. The van der Waals surface area contributed by atoms with Gasteiger partial charge in [-0.3, -0.25) is 4.90 Å². The Morgan fingerprint density at radius 2 is 1.95 bits per heavy atom. The lowest BCUT2D eigenvalue weighted by Crippen LogP contribution is -2.50. The third-order valence-corrected chi connectivity index (χ3v) is 6.30. The molecule has 2 nitrogen and oxygen atoms in total. The summed E-state index contributed by atoms with van der Waals surface area (Å²) in [5.41, 5.74) is 0. The Kier molecular flexibility index (Phi) is 4.72. The second kappa shape index (κ2) is 6.36. The molecule has 0 aromatic rings. The molecular formula is C18H34N2. The van der Waals surface area contributed by atoms with E-state index in [4.69, 9.17) is 0 Å². The van der Waals surface area contributed by atoms with Gasteiger partial charge in [0.2, 0.25) is 0 Å². The molecule has 0 amide bonds. The summed E-state index contributed by atoms with van der Waals surface area (Å²) in [4.78, 5) is 2.85. The minimum Gasteiger partial charge on any atom is -0.314 e. The predicted molar refractivity (Wildman–Crippen MR) is 85.8 cm³/mol. The molecule has 6 atom stereocenters. The largest absolute Gasteiger partial charge is 0.314 e. The van der Waals surface area contributed by atoms with Gasteiger partial charge in [0.1, 0.15) is 0 Å². The van der Waals surface area contributed by atoms with Crippen molar-refractivity contribution < 1.29 is 0 Å². The van der Waals surface area contributed by atoms with Gasteiger partial charge < -0.3 is 5.32 Å². The van der Waals surface area contributed by atoms with Gasteiger partial charge in [0.05, 0.1) is 0 Å². The van der Waals surface area contributed by atoms with Crippen LogP contribution in [-0.4, -0.2) is 36.6 Å². The van der Waals surface area contributed by atoms with Crippen LogP contribution in [0.5, 0.6) is 0 Å². The van der Waals surface area contributed by atoms with E-state index in [1.165, 1.54) is 58.2 Å². The molecule has 3 rings (SSSR count). The summed E-state index contributed by atoms with van der Waals surface area (Å²) in [5, 5.41) is 3.87. The number of nitrogens with one attached hydrogen (secondary N) is 1. The van der Waals surface area contributed by atoms with Gasteiger partial charge in [-0.1, -0.05) is 20.8 Å². The smallest absolute Gasteiger partial charge is 0.0113 e. The average molecular weight is 278 g/mol. The molecule has 2 saturated carbocycles. The first-order chi connectivity index (χ1) is 9.67. The molecule has 116 valence electrons. The van der Waals surface area contributed by atoms with Gasteiger partial charge in [-0.2, -0.15) is 0 Å². The molecule has 3 fully saturated rings. The van der Waals surface area contributed by atoms with Crippen LogP contribution in [0.3, 0.4) is 0 Å². The summed E-state index contributed by atoms with van der Waals surface area (Å²) < 4.78 is 0. The molecule has 0 radical (unpaired) electrons. The van der Waals surface area contributed by atoms with Gasteiger partial charge in [0.15, 0.2) is 0 Å². The Morgan fingerprint density at radius 1 is 1.10 bits per heavy atom. The van der Waals surface area contributed by atoms with Crippen molar-refractivity contribution in [2.24, 2.45) is 23.7 Å². The molecule has 2 bridgehead atoms. The molecule has 20 heavy (non-hydrogen) atoms. The fourth-order valence-corrected chi connectivity index (χ4v) is 5.30. The van der Waals surface area contributed by atoms with Crippen LogP contribution in [0, 0.1) is 23.7 Å². The van der Waals surface area contributed by atoms with E-state index in [1.807, 2.05) is 0 Å². The van der Waals surface area contributed by atoms with Gasteiger partial charge in [0.25, 0.3) is 0 Å². The zero-order chi connectivity index (χ0) is 14.1. The first-order valence-corrected chi connectivity index (χ1v) is 9.14. The van der Waals surface area contributed by atoms with Crippen LogP contribution < -0.4 is 5.32 Å². The van der Waals surface area contributed by atoms with E-state index < -0.39 is 0 Å². The molecule has 1 saturated heterocycles. The lowest BCUT2D eigenvalue weighted by Gasteiger charge is -2.43.